The smallest absolute Gasteiger partial charge is 0.160 e. The van der Waals surface area contributed by atoms with Crippen LogP contribution in [0.3, 0.4) is 0 Å². The number of hydrogen-bond donors (Lipinski definition) is 2. The summed E-state index contributed by atoms with van der Waals surface area (Å²) in [6.07, 6.45) is 3.71. The Balaban J connectivity index is 1.67. The average molecular weight is 248 g/mol. The van der Waals surface area contributed by atoms with Crippen LogP contribution in [0.1, 0.15) is 19.3 Å². The van der Waals surface area contributed by atoms with E-state index in [0.717, 1.165) is 31.7 Å². The summed E-state index contributed by atoms with van der Waals surface area (Å²) in [6, 6.07) is 3.71. The van der Waals surface area contributed by atoms with Crippen molar-refractivity contribution in [3.05, 3.63) is 12.1 Å². The van der Waals surface area contributed by atoms with Gasteiger partial charge in [0.05, 0.1) is 17.5 Å². The van der Waals surface area contributed by atoms with Crippen molar-refractivity contribution in [2.24, 2.45) is 0 Å². The largest absolute Gasteiger partial charge is 0.397 e. The maximum atomic E-state index is 5.79. The Hall–Kier alpha value is -1.82. The first kappa shape index (κ1) is 11.3. The van der Waals surface area contributed by atoms with Crippen LogP contribution in [0.4, 0.5) is 11.4 Å². The van der Waals surface area contributed by atoms with Crippen LogP contribution >= 0.6 is 0 Å². The van der Waals surface area contributed by atoms with E-state index in [1.54, 1.807) is 6.07 Å². The predicted octanol–water partition coefficient (Wildman–Crippen LogP) is 1.79. The molecule has 0 saturated carbocycles. The van der Waals surface area contributed by atoms with E-state index in [1.807, 2.05) is 6.07 Å². The zero-order valence-corrected chi connectivity index (χ0v) is 10.1. The predicted molar refractivity (Wildman–Crippen MR) is 68.3 cm³/mol. The minimum Gasteiger partial charge on any atom is -0.397 e. The lowest BCUT2D eigenvalue weighted by molar-refractivity contribution is 0.107. The van der Waals surface area contributed by atoms with Crippen molar-refractivity contribution in [2.45, 2.75) is 25.4 Å². The lowest BCUT2D eigenvalue weighted by Gasteiger charge is -2.11. The molecule has 3 rings (SSSR count). The van der Waals surface area contributed by atoms with E-state index in [9.17, 15) is 0 Å². The Labute approximate surface area is 104 Å². The van der Waals surface area contributed by atoms with Crippen LogP contribution < -0.4 is 11.1 Å². The highest BCUT2D eigenvalue weighted by molar-refractivity contribution is 5.94. The minimum atomic E-state index is 0.386. The van der Waals surface area contributed by atoms with Gasteiger partial charge in [0.15, 0.2) is 11.0 Å². The van der Waals surface area contributed by atoms with Crippen LogP contribution in [0.2, 0.25) is 0 Å². The number of nitrogens with two attached hydrogens (primary N) is 1. The van der Waals surface area contributed by atoms with Gasteiger partial charge >= 0.3 is 0 Å². The summed E-state index contributed by atoms with van der Waals surface area (Å²) in [4.78, 5) is 0. The Morgan fingerprint density at radius 3 is 3.06 bits per heavy atom. The summed E-state index contributed by atoms with van der Waals surface area (Å²) in [7, 11) is 0. The van der Waals surface area contributed by atoms with Gasteiger partial charge < -0.3 is 15.8 Å². The quantitative estimate of drug-likeness (QED) is 0.802. The van der Waals surface area contributed by atoms with Crippen LogP contribution in [0.25, 0.3) is 11.0 Å². The maximum Gasteiger partial charge on any atom is 0.160 e. The van der Waals surface area contributed by atoms with Crippen molar-refractivity contribution < 1.29 is 9.37 Å². The van der Waals surface area contributed by atoms with Crippen LogP contribution in [-0.2, 0) is 4.74 Å². The second-order valence-electron chi connectivity index (χ2n) is 4.51. The summed E-state index contributed by atoms with van der Waals surface area (Å²) in [5.41, 5.74) is 8.56. The highest BCUT2D eigenvalue weighted by Gasteiger charge is 2.15. The Kier molecular flexibility index (Phi) is 3.02. The van der Waals surface area contributed by atoms with Crippen LogP contribution in [-0.4, -0.2) is 29.6 Å². The topological polar surface area (TPSA) is 86.2 Å². The number of rotatable bonds is 4. The van der Waals surface area contributed by atoms with Gasteiger partial charge in [-0.1, -0.05) is 0 Å². The molecule has 1 aliphatic rings. The second-order valence-corrected chi connectivity index (χ2v) is 4.51. The van der Waals surface area contributed by atoms with Gasteiger partial charge in [-0.2, -0.15) is 0 Å². The molecule has 6 heteroatoms. The molecule has 1 aromatic carbocycles. The molecule has 1 saturated heterocycles. The second kappa shape index (κ2) is 4.81. The van der Waals surface area contributed by atoms with Crippen molar-refractivity contribution >= 4 is 22.4 Å². The van der Waals surface area contributed by atoms with Gasteiger partial charge in [-0.25, -0.2) is 4.63 Å². The van der Waals surface area contributed by atoms with E-state index in [4.69, 9.17) is 15.1 Å². The molecule has 0 spiro atoms. The first-order valence-electron chi connectivity index (χ1n) is 6.21. The molecular formula is C12H16N4O2. The fourth-order valence-corrected chi connectivity index (χ4v) is 2.27. The van der Waals surface area contributed by atoms with Gasteiger partial charge in [0, 0.05) is 13.2 Å². The first-order chi connectivity index (χ1) is 8.84. The van der Waals surface area contributed by atoms with Crippen molar-refractivity contribution in [3.8, 4) is 0 Å². The zero-order valence-electron chi connectivity index (χ0n) is 10.1. The van der Waals surface area contributed by atoms with Crippen LogP contribution in [0.5, 0.6) is 0 Å². The molecule has 0 aliphatic carbocycles. The van der Waals surface area contributed by atoms with Crippen LogP contribution in [0, 0.1) is 0 Å². The van der Waals surface area contributed by atoms with E-state index in [-0.39, 0.29) is 0 Å². The molecule has 18 heavy (non-hydrogen) atoms. The molecule has 0 amide bonds. The summed E-state index contributed by atoms with van der Waals surface area (Å²) >= 11 is 0. The summed E-state index contributed by atoms with van der Waals surface area (Å²) in [5, 5.41) is 11.0. The third-order valence-electron chi connectivity index (χ3n) is 3.25. The highest BCUT2D eigenvalue weighted by atomic mass is 16.6. The lowest BCUT2D eigenvalue weighted by Crippen LogP contribution is -2.12. The SMILES string of the molecule is Nc1ccc(NCCC2CCCO2)c2nonc12. The molecule has 0 radical (unpaired) electrons. The summed E-state index contributed by atoms with van der Waals surface area (Å²) in [5.74, 6) is 0. The number of nitrogens with one attached hydrogen (secondary N) is 1. The number of nitrogen functional groups attached to an aromatic ring is 1. The molecular weight excluding hydrogens is 232 g/mol. The summed E-state index contributed by atoms with van der Waals surface area (Å²) < 4.78 is 10.3. The summed E-state index contributed by atoms with van der Waals surface area (Å²) in [6.45, 7) is 1.74. The number of aromatic nitrogens is 2. The Bertz CT molecular complexity index is 534. The molecule has 2 heterocycles. The van der Waals surface area contributed by atoms with Gasteiger partial charge in [-0.05, 0) is 41.7 Å². The third kappa shape index (κ3) is 2.11. The van der Waals surface area contributed by atoms with Gasteiger partial charge in [0.2, 0.25) is 0 Å². The first-order valence-corrected chi connectivity index (χ1v) is 6.21. The molecule has 1 unspecified atom stereocenters. The van der Waals surface area contributed by atoms with Gasteiger partial charge in [-0.15, -0.1) is 0 Å². The third-order valence-corrected chi connectivity index (χ3v) is 3.25. The van der Waals surface area contributed by atoms with Gasteiger partial charge in [-0.3, -0.25) is 0 Å². The minimum absolute atomic E-state index is 0.386. The number of benzene rings is 1. The highest BCUT2D eigenvalue weighted by Crippen LogP contribution is 2.25. The Morgan fingerprint density at radius 2 is 2.22 bits per heavy atom. The Morgan fingerprint density at radius 1 is 1.33 bits per heavy atom. The number of nitrogens with zero attached hydrogens (tertiary/aromatic N) is 2. The fourth-order valence-electron chi connectivity index (χ4n) is 2.27. The van der Waals surface area contributed by atoms with E-state index in [0.29, 0.717) is 22.8 Å². The van der Waals surface area contributed by atoms with Crippen molar-refractivity contribution in [1.82, 2.24) is 10.3 Å². The lowest BCUT2D eigenvalue weighted by atomic mass is 10.2. The van der Waals surface area contributed by atoms with E-state index < -0.39 is 0 Å². The van der Waals surface area contributed by atoms with Gasteiger partial charge in [0.25, 0.3) is 0 Å². The molecule has 3 N–H and O–H groups in total. The zero-order chi connectivity index (χ0) is 12.4. The molecule has 1 atom stereocenters. The number of anilines is 2. The molecule has 2 aromatic rings. The van der Waals surface area contributed by atoms with Crippen molar-refractivity contribution in [2.75, 3.05) is 24.2 Å². The number of hydrogen-bond acceptors (Lipinski definition) is 6. The number of ether oxygens (including phenoxy) is 1. The van der Waals surface area contributed by atoms with Crippen molar-refractivity contribution in [1.29, 1.82) is 0 Å². The van der Waals surface area contributed by atoms with E-state index >= 15 is 0 Å². The molecule has 1 aliphatic heterocycles. The van der Waals surface area contributed by atoms with E-state index in [2.05, 4.69) is 15.6 Å². The van der Waals surface area contributed by atoms with Gasteiger partial charge in [0.1, 0.15) is 0 Å². The van der Waals surface area contributed by atoms with E-state index in [1.165, 1.54) is 6.42 Å². The monoisotopic (exact) mass is 248 g/mol. The molecule has 0 bridgehead atoms. The fraction of sp³-hybridized carbons (Fsp3) is 0.500. The average Bonchev–Trinajstić information content (AvgIpc) is 3.02. The molecule has 1 aromatic heterocycles. The molecule has 1 fully saturated rings. The van der Waals surface area contributed by atoms with Crippen molar-refractivity contribution in [3.63, 3.8) is 0 Å². The molecule has 96 valence electrons. The standard InChI is InChI=1S/C12H16N4O2/c13-9-3-4-10(12-11(9)15-18-16-12)14-6-5-8-2-1-7-17-8/h3-4,8,14H,1-2,5-7,13H2. The number of fused-ring (bicyclic) bond motifs is 1. The normalized spacial score (nSPS) is 19.4. The van der Waals surface area contributed by atoms with Crippen LogP contribution in [0.15, 0.2) is 16.8 Å². The molecule has 6 nitrogen and oxygen atoms in total. The maximum absolute atomic E-state index is 5.79.